The van der Waals surface area contributed by atoms with Gasteiger partial charge in [0.1, 0.15) is 12.4 Å². The van der Waals surface area contributed by atoms with Crippen LogP contribution in [0, 0.1) is 0 Å². The van der Waals surface area contributed by atoms with E-state index in [9.17, 15) is 0 Å². The largest absolute Gasteiger partial charge is 0.460 e. The number of hydrogen-bond acceptors (Lipinski definition) is 6. The van der Waals surface area contributed by atoms with Gasteiger partial charge >= 0.3 is 6.01 Å². The lowest BCUT2D eigenvalue weighted by Crippen LogP contribution is -2.18. The number of imidazole rings is 1. The highest BCUT2D eigenvalue weighted by atomic mass is 16.5. The standard InChI is InChI=1S/C13H18N6O/c14-11-16-12(19-8-7-15-9-19)18-13(17-11)20-10-5-3-1-2-4-6-10/h7-10H,1-6H2,(H2,14,16,17,18). The highest BCUT2D eigenvalue weighted by Crippen LogP contribution is 2.21. The predicted octanol–water partition coefficient (Wildman–Crippen LogP) is 1.74. The van der Waals surface area contributed by atoms with Crippen LogP contribution in [0.4, 0.5) is 5.95 Å². The average Bonchev–Trinajstić information content (AvgIpc) is 2.85. The first-order valence-electron chi connectivity index (χ1n) is 6.98. The lowest BCUT2D eigenvalue weighted by atomic mass is 10.2. The van der Waals surface area contributed by atoms with E-state index in [2.05, 4.69) is 19.9 Å². The Bertz CT molecular complexity index is 548. The van der Waals surface area contributed by atoms with Crippen LogP contribution in [-0.4, -0.2) is 30.6 Å². The third-order valence-corrected chi connectivity index (χ3v) is 3.43. The molecule has 1 fully saturated rings. The van der Waals surface area contributed by atoms with Gasteiger partial charge in [-0.25, -0.2) is 4.98 Å². The first kappa shape index (κ1) is 12.8. The van der Waals surface area contributed by atoms with Crippen LogP contribution in [0.3, 0.4) is 0 Å². The van der Waals surface area contributed by atoms with Crippen molar-refractivity contribution in [1.82, 2.24) is 24.5 Å². The van der Waals surface area contributed by atoms with Gasteiger partial charge in [-0.1, -0.05) is 12.8 Å². The predicted molar refractivity (Wildman–Crippen MR) is 73.5 cm³/mol. The van der Waals surface area contributed by atoms with Crippen LogP contribution < -0.4 is 10.5 Å². The minimum absolute atomic E-state index is 0.160. The van der Waals surface area contributed by atoms with E-state index in [1.807, 2.05) is 0 Å². The summed E-state index contributed by atoms with van der Waals surface area (Å²) in [4.78, 5) is 16.4. The number of ether oxygens (including phenoxy) is 1. The van der Waals surface area contributed by atoms with Gasteiger partial charge in [0.2, 0.25) is 11.9 Å². The van der Waals surface area contributed by atoms with Gasteiger partial charge in [0, 0.05) is 12.4 Å². The Labute approximate surface area is 117 Å². The van der Waals surface area contributed by atoms with Crippen LogP contribution in [0.5, 0.6) is 6.01 Å². The second kappa shape index (κ2) is 5.85. The summed E-state index contributed by atoms with van der Waals surface area (Å²) in [5.74, 6) is 0.589. The molecule has 3 rings (SSSR count). The Morgan fingerprint density at radius 2 is 1.90 bits per heavy atom. The van der Waals surface area contributed by atoms with Crippen molar-refractivity contribution in [3.63, 3.8) is 0 Å². The molecule has 0 atom stereocenters. The summed E-state index contributed by atoms with van der Waals surface area (Å²) in [6.45, 7) is 0. The molecular formula is C13H18N6O. The van der Waals surface area contributed by atoms with Crippen molar-refractivity contribution in [3.05, 3.63) is 18.7 Å². The number of aromatic nitrogens is 5. The van der Waals surface area contributed by atoms with Gasteiger partial charge in [-0.2, -0.15) is 15.0 Å². The molecule has 2 aromatic heterocycles. The van der Waals surface area contributed by atoms with Crippen LogP contribution in [0.15, 0.2) is 18.7 Å². The first-order valence-corrected chi connectivity index (χ1v) is 6.98. The number of rotatable bonds is 3. The quantitative estimate of drug-likeness (QED) is 0.857. The number of hydrogen-bond donors (Lipinski definition) is 1. The molecule has 0 unspecified atom stereocenters. The van der Waals surface area contributed by atoms with Crippen LogP contribution in [-0.2, 0) is 0 Å². The van der Waals surface area contributed by atoms with E-state index in [-0.39, 0.29) is 12.1 Å². The topological polar surface area (TPSA) is 91.7 Å². The molecule has 7 heteroatoms. The number of nitrogen functional groups attached to an aromatic ring is 1. The fourth-order valence-electron chi connectivity index (χ4n) is 2.42. The van der Waals surface area contributed by atoms with E-state index in [1.165, 1.54) is 25.7 Å². The first-order chi connectivity index (χ1) is 9.81. The van der Waals surface area contributed by atoms with Crippen LogP contribution >= 0.6 is 0 Å². The molecule has 2 N–H and O–H groups in total. The van der Waals surface area contributed by atoms with Crippen LogP contribution in [0.25, 0.3) is 5.95 Å². The summed E-state index contributed by atoms with van der Waals surface area (Å²) in [5, 5.41) is 0. The third kappa shape index (κ3) is 3.04. The monoisotopic (exact) mass is 274 g/mol. The Balaban J connectivity index is 1.79. The Kier molecular flexibility index (Phi) is 3.76. The molecule has 0 aromatic carbocycles. The normalized spacial score (nSPS) is 16.8. The molecule has 2 heterocycles. The lowest BCUT2D eigenvalue weighted by Gasteiger charge is -2.15. The molecule has 0 aliphatic heterocycles. The minimum Gasteiger partial charge on any atom is -0.460 e. The molecule has 0 bridgehead atoms. The fraction of sp³-hybridized carbons (Fsp3) is 0.538. The molecule has 2 aromatic rings. The zero-order valence-corrected chi connectivity index (χ0v) is 11.3. The summed E-state index contributed by atoms with van der Waals surface area (Å²) < 4.78 is 7.56. The molecule has 7 nitrogen and oxygen atoms in total. The van der Waals surface area contributed by atoms with Crippen molar-refractivity contribution >= 4 is 5.95 Å². The molecule has 0 saturated heterocycles. The molecular weight excluding hydrogens is 256 g/mol. The van der Waals surface area contributed by atoms with Gasteiger partial charge in [0.15, 0.2) is 0 Å². The second-order valence-electron chi connectivity index (χ2n) is 4.98. The van der Waals surface area contributed by atoms with Crippen LogP contribution in [0.2, 0.25) is 0 Å². The molecule has 0 spiro atoms. The van der Waals surface area contributed by atoms with Crippen molar-refractivity contribution < 1.29 is 4.74 Å². The van der Waals surface area contributed by atoms with Crippen molar-refractivity contribution in [2.75, 3.05) is 5.73 Å². The smallest absolute Gasteiger partial charge is 0.323 e. The SMILES string of the molecule is Nc1nc(OC2CCCCCC2)nc(-n2ccnc2)n1. The number of nitrogens with zero attached hydrogens (tertiary/aromatic N) is 5. The molecule has 0 amide bonds. The van der Waals surface area contributed by atoms with E-state index in [1.54, 1.807) is 23.3 Å². The zero-order valence-electron chi connectivity index (χ0n) is 11.3. The molecule has 20 heavy (non-hydrogen) atoms. The van der Waals surface area contributed by atoms with Gasteiger partial charge in [-0.3, -0.25) is 4.57 Å². The van der Waals surface area contributed by atoms with E-state index >= 15 is 0 Å². The minimum atomic E-state index is 0.160. The molecule has 106 valence electrons. The van der Waals surface area contributed by atoms with Crippen molar-refractivity contribution in [2.24, 2.45) is 0 Å². The summed E-state index contributed by atoms with van der Waals surface area (Å²) in [7, 11) is 0. The summed E-state index contributed by atoms with van der Waals surface area (Å²) in [6, 6.07) is 0.299. The highest BCUT2D eigenvalue weighted by Gasteiger charge is 2.16. The summed E-state index contributed by atoms with van der Waals surface area (Å²) in [6.07, 6.45) is 12.2. The van der Waals surface area contributed by atoms with Gasteiger partial charge < -0.3 is 10.5 Å². The van der Waals surface area contributed by atoms with E-state index in [0.29, 0.717) is 12.0 Å². The van der Waals surface area contributed by atoms with Gasteiger partial charge in [-0.15, -0.1) is 0 Å². The maximum absolute atomic E-state index is 5.88. The van der Waals surface area contributed by atoms with E-state index in [0.717, 1.165) is 12.8 Å². The summed E-state index contributed by atoms with van der Waals surface area (Å²) in [5.41, 5.74) is 5.73. The average molecular weight is 274 g/mol. The fourth-order valence-corrected chi connectivity index (χ4v) is 2.42. The molecule has 1 saturated carbocycles. The molecule has 0 radical (unpaired) electrons. The lowest BCUT2D eigenvalue weighted by molar-refractivity contribution is 0.168. The zero-order chi connectivity index (χ0) is 13.8. The maximum atomic E-state index is 5.88. The van der Waals surface area contributed by atoms with Crippen molar-refractivity contribution in [1.29, 1.82) is 0 Å². The number of anilines is 1. The number of nitrogens with two attached hydrogens (primary N) is 1. The van der Waals surface area contributed by atoms with Crippen molar-refractivity contribution in [3.8, 4) is 12.0 Å². The summed E-state index contributed by atoms with van der Waals surface area (Å²) >= 11 is 0. The maximum Gasteiger partial charge on any atom is 0.323 e. The Morgan fingerprint density at radius 1 is 1.10 bits per heavy atom. The van der Waals surface area contributed by atoms with E-state index in [4.69, 9.17) is 10.5 Å². The van der Waals surface area contributed by atoms with Gasteiger partial charge in [0.05, 0.1) is 0 Å². The molecule has 1 aliphatic rings. The van der Waals surface area contributed by atoms with Crippen molar-refractivity contribution in [2.45, 2.75) is 44.6 Å². The molecule has 1 aliphatic carbocycles. The Morgan fingerprint density at radius 3 is 2.60 bits per heavy atom. The highest BCUT2D eigenvalue weighted by molar-refractivity contribution is 5.25. The third-order valence-electron chi connectivity index (χ3n) is 3.43. The second-order valence-corrected chi connectivity index (χ2v) is 4.98. The van der Waals surface area contributed by atoms with Gasteiger partial charge in [0.25, 0.3) is 0 Å². The van der Waals surface area contributed by atoms with Gasteiger partial charge in [-0.05, 0) is 25.7 Å². The Hall–Kier alpha value is -2.18. The van der Waals surface area contributed by atoms with E-state index < -0.39 is 0 Å². The van der Waals surface area contributed by atoms with Crippen LogP contribution in [0.1, 0.15) is 38.5 Å².